The van der Waals surface area contributed by atoms with Crippen molar-refractivity contribution in [3.63, 3.8) is 0 Å². The molecule has 2 heterocycles. The Morgan fingerprint density at radius 2 is 1.83 bits per heavy atom. The Bertz CT molecular complexity index is 1340. The molecule has 42 heavy (non-hydrogen) atoms. The highest BCUT2D eigenvalue weighted by atomic mass is 16.6. The first-order valence-electron chi connectivity index (χ1n) is 14.6. The van der Waals surface area contributed by atoms with Gasteiger partial charge in [0.1, 0.15) is 17.8 Å². The molecule has 1 aliphatic heterocycles. The summed E-state index contributed by atoms with van der Waals surface area (Å²) < 4.78 is 29.6. The van der Waals surface area contributed by atoms with Crippen molar-refractivity contribution in [2.75, 3.05) is 7.11 Å². The second-order valence-electron chi connectivity index (χ2n) is 13.7. The topological polar surface area (TPSA) is 122 Å². The van der Waals surface area contributed by atoms with E-state index in [1.54, 1.807) is 38.5 Å². The smallest absolute Gasteiger partial charge is 0.308 e. The molecule has 0 N–H and O–H groups in total. The van der Waals surface area contributed by atoms with Gasteiger partial charge in [0.15, 0.2) is 5.78 Å². The highest BCUT2D eigenvalue weighted by molar-refractivity contribution is 5.96. The second-order valence-corrected chi connectivity index (χ2v) is 13.7. The molecule has 3 aliphatic carbocycles. The number of carbonyl (C=O) groups excluding carboxylic acids is 4. The van der Waals surface area contributed by atoms with Crippen molar-refractivity contribution in [1.82, 2.24) is 0 Å². The Balaban J connectivity index is 1.74. The van der Waals surface area contributed by atoms with Gasteiger partial charge < -0.3 is 23.4 Å². The second kappa shape index (κ2) is 9.93. The maximum Gasteiger partial charge on any atom is 0.308 e. The van der Waals surface area contributed by atoms with Gasteiger partial charge in [-0.2, -0.15) is 0 Å². The number of esters is 3. The maximum absolute atomic E-state index is 13.4. The van der Waals surface area contributed by atoms with E-state index >= 15 is 0 Å². The molecular formula is C33H42O9. The van der Waals surface area contributed by atoms with E-state index in [1.165, 1.54) is 14.0 Å². The molecule has 0 bridgehead atoms. The van der Waals surface area contributed by atoms with E-state index in [4.69, 9.17) is 23.4 Å². The summed E-state index contributed by atoms with van der Waals surface area (Å²) in [5.41, 5.74) is -2.01. The van der Waals surface area contributed by atoms with Crippen molar-refractivity contribution in [2.45, 2.75) is 91.1 Å². The van der Waals surface area contributed by atoms with Crippen molar-refractivity contribution < 1.29 is 42.5 Å². The Hall–Kier alpha value is -3.20. The van der Waals surface area contributed by atoms with Gasteiger partial charge in [-0.1, -0.05) is 54.2 Å². The number of furan rings is 1. The average Bonchev–Trinajstić information content (AvgIpc) is 3.26. The lowest BCUT2D eigenvalue weighted by Crippen LogP contribution is -2.66. The third-order valence-corrected chi connectivity index (χ3v) is 10.9. The molecular weight excluding hydrogens is 540 g/mol. The molecule has 1 aromatic rings. The molecule has 3 fully saturated rings. The standard InChI is InChI=1S/C33H42O9/c1-17(2)29(37)41-28-27(40-19(4)34)26(31(7)12-10-23(35)30(5,6)22(31)15-25(36)38-9)18(3)33-24(42-33)14-21(32(28,33)8)20-11-13-39-16-20/h10-13,16-17,21-22,24,26-28H,3,14-15H2,1-2,4-9H3. The molecule has 0 amide bonds. The summed E-state index contributed by atoms with van der Waals surface area (Å²) in [6, 6.07) is 1.90. The minimum absolute atomic E-state index is 0.0463. The van der Waals surface area contributed by atoms with Crippen LogP contribution in [0.1, 0.15) is 72.8 Å². The van der Waals surface area contributed by atoms with Gasteiger partial charge in [-0.3, -0.25) is 19.2 Å². The number of rotatable bonds is 7. The number of ether oxygens (including phenoxy) is 4. The third kappa shape index (κ3) is 4.06. The van der Waals surface area contributed by atoms with Crippen LogP contribution in [0.5, 0.6) is 0 Å². The largest absolute Gasteiger partial charge is 0.472 e. The number of methoxy groups -OCH3 is 1. The van der Waals surface area contributed by atoms with Crippen LogP contribution in [0, 0.1) is 34.0 Å². The number of carbonyl (C=O) groups is 4. The van der Waals surface area contributed by atoms with E-state index in [9.17, 15) is 19.2 Å². The number of hydrogen-bond donors (Lipinski definition) is 0. The fourth-order valence-corrected chi connectivity index (χ4v) is 8.62. The van der Waals surface area contributed by atoms with Gasteiger partial charge in [0, 0.05) is 29.6 Å². The van der Waals surface area contributed by atoms with Crippen molar-refractivity contribution in [2.24, 2.45) is 34.0 Å². The Labute approximate surface area is 247 Å². The molecule has 1 saturated heterocycles. The number of hydrogen-bond acceptors (Lipinski definition) is 9. The normalized spacial score (nSPS) is 39.8. The van der Waals surface area contributed by atoms with Gasteiger partial charge in [0.05, 0.1) is 43.5 Å². The average molecular weight is 583 g/mol. The molecule has 9 atom stereocenters. The first kappa shape index (κ1) is 30.3. The summed E-state index contributed by atoms with van der Waals surface area (Å²) in [7, 11) is 1.32. The molecule has 228 valence electrons. The third-order valence-electron chi connectivity index (χ3n) is 10.9. The summed E-state index contributed by atoms with van der Waals surface area (Å²) in [6.45, 7) is 17.1. The van der Waals surface area contributed by atoms with Gasteiger partial charge in [0.25, 0.3) is 0 Å². The van der Waals surface area contributed by atoms with Gasteiger partial charge in [0.2, 0.25) is 0 Å². The lowest BCUT2D eigenvalue weighted by atomic mass is 9.46. The number of epoxide rings is 1. The zero-order valence-corrected chi connectivity index (χ0v) is 25.7. The first-order chi connectivity index (χ1) is 19.6. The van der Waals surface area contributed by atoms with Crippen LogP contribution >= 0.6 is 0 Å². The van der Waals surface area contributed by atoms with Gasteiger partial charge in [-0.15, -0.1) is 0 Å². The van der Waals surface area contributed by atoms with E-state index in [-0.39, 0.29) is 24.2 Å². The van der Waals surface area contributed by atoms with Crippen molar-refractivity contribution in [3.05, 3.63) is 48.5 Å². The molecule has 9 heteroatoms. The molecule has 1 spiro atoms. The van der Waals surface area contributed by atoms with Crippen LogP contribution in [-0.4, -0.2) is 54.7 Å². The lowest BCUT2D eigenvalue weighted by Gasteiger charge is -2.59. The zero-order valence-electron chi connectivity index (χ0n) is 25.7. The van der Waals surface area contributed by atoms with Crippen molar-refractivity contribution in [3.8, 4) is 0 Å². The number of allylic oxidation sites excluding steroid dienone is 2. The van der Waals surface area contributed by atoms with Gasteiger partial charge in [-0.25, -0.2) is 0 Å². The summed E-state index contributed by atoms with van der Waals surface area (Å²) >= 11 is 0. The highest BCUT2D eigenvalue weighted by Gasteiger charge is 2.84. The van der Waals surface area contributed by atoms with Crippen LogP contribution in [-0.2, 0) is 38.1 Å². The van der Waals surface area contributed by atoms with E-state index < -0.39 is 69.7 Å². The van der Waals surface area contributed by atoms with E-state index in [0.29, 0.717) is 12.0 Å². The van der Waals surface area contributed by atoms with Gasteiger partial charge in [-0.05, 0) is 35.6 Å². The molecule has 9 unspecified atom stereocenters. The van der Waals surface area contributed by atoms with Crippen LogP contribution in [0.4, 0.5) is 0 Å². The van der Waals surface area contributed by atoms with E-state index in [0.717, 1.165) is 5.56 Å². The predicted molar refractivity (Wildman–Crippen MR) is 151 cm³/mol. The monoisotopic (exact) mass is 582 g/mol. The summed E-state index contributed by atoms with van der Waals surface area (Å²) in [5.74, 6) is -3.35. The minimum Gasteiger partial charge on any atom is -0.472 e. The highest BCUT2D eigenvalue weighted by Crippen LogP contribution is 2.76. The fraction of sp³-hybridized carbons (Fsp3) is 0.636. The lowest BCUT2D eigenvalue weighted by molar-refractivity contribution is -0.209. The van der Waals surface area contributed by atoms with E-state index in [2.05, 4.69) is 6.58 Å². The molecule has 5 rings (SSSR count). The van der Waals surface area contributed by atoms with Crippen LogP contribution in [0.25, 0.3) is 0 Å². The van der Waals surface area contributed by atoms with Crippen LogP contribution < -0.4 is 0 Å². The molecule has 1 aromatic heterocycles. The molecule has 2 saturated carbocycles. The number of ketones is 1. The quantitative estimate of drug-likeness (QED) is 0.190. The SMILES string of the molecule is C=C1C(C2(C)C=CC(=O)C(C)(C)C2CC(=O)OC)C(OC(C)=O)C(OC(=O)C(C)C)C2(C)C(c3ccoc3)CC3OC132. The van der Waals surface area contributed by atoms with Crippen molar-refractivity contribution in [1.29, 1.82) is 0 Å². The Morgan fingerprint density at radius 1 is 1.14 bits per heavy atom. The van der Waals surface area contributed by atoms with Crippen LogP contribution in [0.15, 0.2) is 47.3 Å². The zero-order chi connectivity index (χ0) is 31.0. The minimum atomic E-state index is -0.982. The van der Waals surface area contributed by atoms with Crippen LogP contribution in [0.3, 0.4) is 0 Å². The molecule has 4 aliphatic rings. The fourth-order valence-electron chi connectivity index (χ4n) is 8.62. The van der Waals surface area contributed by atoms with E-state index in [1.807, 2.05) is 33.8 Å². The van der Waals surface area contributed by atoms with Crippen molar-refractivity contribution >= 4 is 23.7 Å². The maximum atomic E-state index is 13.4. The summed E-state index contributed by atoms with van der Waals surface area (Å²) in [6.07, 6.45) is 5.12. The summed E-state index contributed by atoms with van der Waals surface area (Å²) in [5, 5.41) is 0. The van der Waals surface area contributed by atoms with Gasteiger partial charge >= 0.3 is 17.9 Å². The predicted octanol–water partition coefficient (Wildman–Crippen LogP) is 4.95. The Kier molecular flexibility index (Phi) is 7.16. The molecule has 0 aromatic carbocycles. The summed E-state index contributed by atoms with van der Waals surface area (Å²) in [4.78, 5) is 52.2. The molecule has 0 radical (unpaired) electrons. The molecule has 9 nitrogen and oxygen atoms in total. The van der Waals surface area contributed by atoms with Crippen LogP contribution in [0.2, 0.25) is 0 Å². The first-order valence-corrected chi connectivity index (χ1v) is 14.6. The Morgan fingerprint density at radius 3 is 2.40 bits per heavy atom.